The first-order chi connectivity index (χ1) is 8.70. The number of hydrogen-bond donors (Lipinski definition) is 1. The molecule has 2 rings (SSSR count). The molecule has 2 aromatic rings. The number of Topliss-reactive ketones (excluding diaryl/α,β-unsaturated/α-hetero) is 1. The zero-order valence-corrected chi connectivity index (χ0v) is 10.7. The van der Waals surface area contributed by atoms with Crippen molar-refractivity contribution in [3.8, 4) is 0 Å². The normalized spacial score (nSPS) is 10.1. The Morgan fingerprint density at radius 3 is 2.67 bits per heavy atom. The predicted molar refractivity (Wildman–Crippen MR) is 73.3 cm³/mol. The van der Waals surface area contributed by atoms with E-state index in [1.807, 2.05) is 12.1 Å². The standard InChI is InChI=1S/C14H13ClN2O/c1-16-14-12(3-2-8-17-14)13(18)9-10-4-6-11(15)7-5-10/h2-8H,9H2,1H3,(H,16,17). The summed E-state index contributed by atoms with van der Waals surface area (Å²) < 4.78 is 0. The molecule has 0 aliphatic rings. The molecule has 0 aliphatic heterocycles. The van der Waals surface area contributed by atoms with Crippen molar-refractivity contribution < 1.29 is 4.79 Å². The SMILES string of the molecule is CNc1ncccc1C(=O)Cc1ccc(Cl)cc1. The van der Waals surface area contributed by atoms with Gasteiger partial charge in [-0.2, -0.15) is 0 Å². The number of rotatable bonds is 4. The summed E-state index contributed by atoms with van der Waals surface area (Å²) in [5, 5.41) is 3.59. The van der Waals surface area contributed by atoms with Crippen LogP contribution in [0.15, 0.2) is 42.6 Å². The lowest BCUT2D eigenvalue weighted by Crippen LogP contribution is -2.08. The van der Waals surface area contributed by atoms with E-state index in [4.69, 9.17) is 11.6 Å². The average Bonchev–Trinajstić information content (AvgIpc) is 2.41. The van der Waals surface area contributed by atoms with Gasteiger partial charge >= 0.3 is 0 Å². The van der Waals surface area contributed by atoms with Gasteiger partial charge in [0.15, 0.2) is 5.78 Å². The Labute approximate surface area is 111 Å². The minimum atomic E-state index is 0.0368. The lowest BCUT2D eigenvalue weighted by molar-refractivity contribution is 0.0993. The van der Waals surface area contributed by atoms with Gasteiger partial charge in [-0.25, -0.2) is 4.98 Å². The summed E-state index contributed by atoms with van der Waals surface area (Å²) in [4.78, 5) is 16.3. The number of aromatic nitrogens is 1. The summed E-state index contributed by atoms with van der Waals surface area (Å²) in [6.45, 7) is 0. The van der Waals surface area contributed by atoms with Crippen LogP contribution in [-0.2, 0) is 6.42 Å². The van der Waals surface area contributed by atoms with Crippen molar-refractivity contribution in [2.75, 3.05) is 12.4 Å². The average molecular weight is 261 g/mol. The molecule has 1 heterocycles. The Bertz CT molecular complexity index is 552. The van der Waals surface area contributed by atoms with Crippen molar-refractivity contribution in [3.63, 3.8) is 0 Å². The molecule has 4 heteroatoms. The molecule has 0 aliphatic carbocycles. The van der Waals surface area contributed by atoms with E-state index in [-0.39, 0.29) is 5.78 Å². The molecular formula is C14H13ClN2O. The fourth-order valence-corrected chi connectivity index (χ4v) is 1.84. The van der Waals surface area contributed by atoms with Crippen LogP contribution in [0.5, 0.6) is 0 Å². The van der Waals surface area contributed by atoms with Gasteiger partial charge in [-0.05, 0) is 29.8 Å². The van der Waals surface area contributed by atoms with Crippen LogP contribution < -0.4 is 5.32 Å². The third kappa shape index (κ3) is 2.87. The van der Waals surface area contributed by atoms with Crippen LogP contribution in [0.4, 0.5) is 5.82 Å². The summed E-state index contributed by atoms with van der Waals surface area (Å²) >= 11 is 5.81. The number of ketones is 1. The van der Waals surface area contributed by atoms with Gasteiger partial charge in [-0.3, -0.25) is 4.79 Å². The molecular weight excluding hydrogens is 248 g/mol. The molecule has 1 aromatic carbocycles. The third-order valence-electron chi connectivity index (χ3n) is 2.62. The van der Waals surface area contributed by atoms with Crippen molar-refractivity contribution in [2.45, 2.75) is 6.42 Å². The molecule has 0 amide bonds. The molecule has 0 unspecified atom stereocenters. The van der Waals surface area contributed by atoms with E-state index in [1.165, 1.54) is 0 Å². The third-order valence-corrected chi connectivity index (χ3v) is 2.87. The minimum absolute atomic E-state index is 0.0368. The van der Waals surface area contributed by atoms with E-state index in [0.717, 1.165) is 5.56 Å². The van der Waals surface area contributed by atoms with E-state index >= 15 is 0 Å². The van der Waals surface area contributed by atoms with Gasteiger partial charge in [0.1, 0.15) is 5.82 Å². The van der Waals surface area contributed by atoms with Gasteiger partial charge in [-0.1, -0.05) is 23.7 Å². The van der Waals surface area contributed by atoms with Gasteiger partial charge in [0, 0.05) is 24.7 Å². The van der Waals surface area contributed by atoms with E-state index in [9.17, 15) is 4.79 Å². The summed E-state index contributed by atoms with van der Waals surface area (Å²) in [7, 11) is 1.75. The maximum atomic E-state index is 12.2. The number of halogens is 1. The van der Waals surface area contributed by atoms with E-state index in [0.29, 0.717) is 22.8 Å². The second kappa shape index (κ2) is 5.65. The number of nitrogens with one attached hydrogen (secondary N) is 1. The Hall–Kier alpha value is -1.87. The first-order valence-corrected chi connectivity index (χ1v) is 5.99. The fraction of sp³-hybridized carbons (Fsp3) is 0.143. The summed E-state index contributed by atoms with van der Waals surface area (Å²) in [5.74, 6) is 0.645. The molecule has 0 radical (unpaired) electrons. The Morgan fingerprint density at radius 2 is 2.00 bits per heavy atom. The Balaban J connectivity index is 2.19. The molecule has 0 atom stereocenters. The van der Waals surface area contributed by atoms with E-state index in [2.05, 4.69) is 10.3 Å². The lowest BCUT2D eigenvalue weighted by atomic mass is 10.0. The monoisotopic (exact) mass is 260 g/mol. The van der Waals surface area contributed by atoms with Crippen LogP contribution in [-0.4, -0.2) is 17.8 Å². The Morgan fingerprint density at radius 1 is 1.28 bits per heavy atom. The van der Waals surface area contributed by atoms with E-state index < -0.39 is 0 Å². The predicted octanol–water partition coefficient (Wildman–Crippen LogP) is 3.20. The van der Waals surface area contributed by atoms with Crippen molar-refractivity contribution in [1.82, 2.24) is 4.98 Å². The van der Waals surface area contributed by atoms with Crippen molar-refractivity contribution in [3.05, 3.63) is 58.7 Å². The maximum absolute atomic E-state index is 12.2. The van der Waals surface area contributed by atoms with E-state index in [1.54, 1.807) is 37.5 Å². The highest BCUT2D eigenvalue weighted by molar-refractivity contribution is 6.30. The molecule has 0 spiro atoms. The molecule has 92 valence electrons. The van der Waals surface area contributed by atoms with Gasteiger partial charge in [0.05, 0.1) is 5.56 Å². The van der Waals surface area contributed by atoms with Crippen molar-refractivity contribution >= 4 is 23.2 Å². The molecule has 0 bridgehead atoms. The highest BCUT2D eigenvalue weighted by Crippen LogP contribution is 2.16. The zero-order valence-electron chi connectivity index (χ0n) is 9.98. The van der Waals surface area contributed by atoms with Gasteiger partial charge < -0.3 is 5.32 Å². The van der Waals surface area contributed by atoms with Crippen molar-refractivity contribution in [2.24, 2.45) is 0 Å². The molecule has 0 fully saturated rings. The lowest BCUT2D eigenvalue weighted by Gasteiger charge is -2.06. The van der Waals surface area contributed by atoms with Crippen molar-refractivity contribution in [1.29, 1.82) is 0 Å². The first-order valence-electron chi connectivity index (χ1n) is 5.61. The topological polar surface area (TPSA) is 42.0 Å². The van der Waals surface area contributed by atoms with Crippen LogP contribution in [0.2, 0.25) is 5.02 Å². The van der Waals surface area contributed by atoms with Crippen LogP contribution in [0.3, 0.4) is 0 Å². The molecule has 18 heavy (non-hydrogen) atoms. The Kier molecular flexibility index (Phi) is 3.95. The molecule has 0 saturated heterocycles. The highest BCUT2D eigenvalue weighted by atomic mass is 35.5. The number of nitrogens with zero attached hydrogens (tertiary/aromatic N) is 1. The number of hydrogen-bond acceptors (Lipinski definition) is 3. The minimum Gasteiger partial charge on any atom is -0.373 e. The number of carbonyl (C=O) groups is 1. The smallest absolute Gasteiger partial charge is 0.170 e. The number of carbonyl (C=O) groups excluding carboxylic acids is 1. The zero-order chi connectivity index (χ0) is 13.0. The highest BCUT2D eigenvalue weighted by Gasteiger charge is 2.11. The number of benzene rings is 1. The molecule has 1 aromatic heterocycles. The molecule has 1 N–H and O–H groups in total. The van der Waals surface area contributed by atoms with Crippen LogP contribution in [0.25, 0.3) is 0 Å². The molecule has 3 nitrogen and oxygen atoms in total. The summed E-state index contributed by atoms with van der Waals surface area (Å²) in [5.41, 5.74) is 1.55. The van der Waals surface area contributed by atoms with Crippen LogP contribution in [0.1, 0.15) is 15.9 Å². The van der Waals surface area contributed by atoms with Gasteiger partial charge in [-0.15, -0.1) is 0 Å². The largest absolute Gasteiger partial charge is 0.373 e. The fourth-order valence-electron chi connectivity index (χ4n) is 1.71. The second-order valence-electron chi connectivity index (χ2n) is 3.88. The first kappa shape index (κ1) is 12.6. The van der Waals surface area contributed by atoms with Crippen LogP contribution in [0, 0.1) is 0 Å². The molecule has 0 saturated carbocycles. The number of anilines is 1. The summed E-state index contributed by atoms with van der Waals surface area (Å²) in [6.07, 6.45) is 2.00. The van der Waals surface area contributed by atoms with Crippen LogP contribution >= 0.6 is 11.6 Å². The van der Waals surface area contributed by atoms with Gasteiger partial charge in [0.2, 0.25) is 0 Å². The quantitative estimate of drug-likeness (QED) is 0.859. The number of pyridine rings is 1. The maximum Gasteiger partial charge on any atom is 0.170 e. The van der Waals surface area contributed by atoms with Gasteiger partial charge in [0.25, 0.3) is 0 Å². The second-order valence-corrected chi connectivity index (χ2v) is 4.31. The summed E-state index contributed by atoms with van der Waals surface area (Å²) in [6, 6.07) is 10.8.